The van der Waals surface area contributed by atoms with E-state index in [1.54, 1.807) is 0 Å². The quantitative estimate of drug-likeness (QED) is 0.697. The maximum absolute atomic E-state index is 13.1. The summed E-state index contributed by atoms with van der Waals surface area (Å²) in [6, 6.07) is 0. The van der Waals surface area contributed by atoms with E-state index in [2.05, 4.69) is 0 Å². The van der Waals surface area contributed by atoms with Gasteiger partial charge in [-0.1, -0.05) is 0 Å². The van der Waals surface area contributed by atoms with Crippen molar-refractivity contribution in [1.29, 1.82) is 0 Å². The second-order valence-electron chi connectivity index (χ2n) is 3.48. The molecule has 0 bridgehead atoms. The topological polar surface area (TPSA) is 23.5 Å². The van der Waals surface area contributed by atoms with E-state index in [4.69, 9.17) is 5.11 Å². The Morgan fingerprint density at radius 2 is 2.25 bits per heavy atom. The van der Waals surface area contributed by atoms with Gasteiger partial charge in [0, 0.05) is 25.5 Å². The van der Waals surface area contributed by atoms with Crippen molar-refractivity contribution in [3.8, 4) is 0 Å². The van der Waals surface area contributed by atoms with Gasteiger partial charge >= 0.3 is 0 Å². The van der Waals surface area contributed by atoms with Gasteiger partial charge < -0.3 is 10.0 Å². The third-order valence-electron chi connectivity index (χ3n) is 2.43. The van der Waals surface area contributed by atoms with Crippen LogP contribution in [0.3, 0.4) is 0 Å². The first-order chi connectivity index (χ1) is 5.56. The molecule has 0 aromatic rings. The van der Waals surface area contributed by atoms with Gasteiger partial charge in [0.05, 0.1) is 0 Å². The summed E-state index contributed by atoms with van der Waals surface area (Å²) in [5.41, 5.74) is 0. The Morgan fingerprint density at radius 1 is 1.58 bits per heavy atom. The number of aliphatic hydroxyl groups excluding tert-OH is 1. The van der Waals surface area contributed by atoms with Crippen molar-refractivity contribution in [2.75, 3.05) is 26.7 Å². The van der Waals surface area contributed by atoms with E-state index in [9.17, 15) is 8.78 Å². The van der Waals surface area contributed by atoms with E-state index in [0.29, 0.717) is 13.0 Å². The lowest BCUT2D eigenvalue weighted by molar-refractivity contribution is -0.0702. The zero-order valence-corrected chi connectivity index (χ0v) is 7.26. The second-order valence-corrected chi connectivity index (χ2v) is 3.48. The lowest BCUT2D eigenvalue weighted by atomic mass is 9.98. The fourth-order valence-corrected chi connectivity index (χ4v) is 1.63. The molecule has 0 aromatic carbocycles. The first kappa shape index (κ1) is 9.86. The number of aliphatic hydroxyl groups is 1. The van der Waals surface area contributed by atoms with Crippen molar-refractivity contribution >= 4 is 0 Å². The number of rotatable bonds is 3. The Kier molecular flexibility index (Phi) is 3.01. The Hall–Kier alpha value is -0.220. The maximum atomic E-state index is 13.1. The molecule has 1 saturated heterocycles. The average Bonchev–Trinajstić information content (AvgIpc) is 2.36. The minimum Gasteiger partial charge on any atom is -0.396 e. The summed E-state index contributed by atoms with van der Waals surface area (Å²) in [7, 11) is 1.84. The van der Waals surface area contributed by atoms with Gasteiger partial charge in [0.1, 0.15) is 0 Å². The Bertz CT molecular complexity index is 152. The molecule has 1 rings (SSSR count). The first-order valence-electron chi connectivity index (χ1n) is 4.23. The minimum absolute atomic E-state index is 0.397. The highest BCUT2D eigenvalue weighted by atomic mass is 19.3. The standard InChI is InChI=1S/C8H15F2NO/c1-11-4-2-7(6-11)8(9,10)3-5-12/h7,12H,2-6H2,1H3. The Balaban J connectivity index is 2.45. The number of hydrogen-bond acceptors (Lipinski definition) is 2. The van der Waals surface area contributed by atoms with Crippen LogP contribution in [0.25, 0.3) is 0 Å². The lowest BCUT2D eigenvalue weighted by Gasteiger charge is -2.21. The Labute approximate surface area is 71.2 Å². The van der Waals surface area contributed by atoms with Gasteiger partial charge in [-0.3, -0.25) is 0 Å². The molecule has 72 valence electrons. The third kappa shape index (κ3) is 2.14. The molecule has 1 aliphatic rings. The van der Waals surface area contributed by atoms with E-state index < -0.39 is 24.9 Å². The minimum atomic E-state index is -2.68. The molecule has 0 saturated carbocycles. The number of nitrogens with zero attached hydrogens (tertiary/aromatic N) is 1. The van der Waals surface area contributed by atoms with Gasteiger partial charge in [0.2, 0.25) is 0 Å². The molecule has 0 aliphatic carbocycles. The molecule has 1 N–H and O–H groups in total. The van der Waals surface area contributed by atoms with Crippen LogP contribution in [0.2, 0.25) is 0 Å². The fourth-order valence-electron chi connectivity index (χ4n) is 1.63. The zero-order chi connectivity index (χ0) is 9.19. The van der Waals surface area contributed by atoms with E-state index >= 15 is 0 Å². The highest BCUT2D eigenvalue weighted by Crippen LogP contribution is 2.34. The molecule has 2 nitrogen and oxygen atoms in total. The summed E-state index contributed by atoms with van der Waals surface area (Å²) in [4.78, 5) is 1.90. The molecule has 0 spiro atoms. The van der Waals surface area contributed by atoms with E-state index in [1.165, 1.54) is 0 Å². The molecule has 0 amide bonds. The number of alkyl halides is 2. The van der Waals surface area contributed by atoms with Gasteiger partial charge in [-0.25, -0.2) is 8.78 Å². The highest BCUT2D eigenvalue weighted by molar-refractivity contribution is 4.84. The van der Waals surface area contributed by atoms with E-state index in [-0.39, 0.29) is 0 Å². The predicted octanol–water partition coefficient (Wildman–Crippen LogP) is 0.956. The van der Waals surface area contributed by atoms with Crippen molar-refractivity contribution in [1.82, 2.24) is 4.90 Å². The van der Waals surface area contributed by atoms with Crippen LogP contribution in [0.4, 0.5) is 8.78 Å². The average molecular weight is 179 g/mol. The van der Waals surface area contributed by atoms with Crippen LogP contribution in [0, 0.1) is 5.92 Å². The summed E-state index contributed by atoms with van der Waals surface area (Å²) >= 11 is 0. The van der Waals surface area contributed by atoms with Crippen LogP contribution in [0.5, 0.6) is 0 Å². The van der Waals surface area contributed by atoms with E-state index in [0.717, 1.165) is 6.54 Å². The van der Waals surface area contributed by atoms with Gasteiger partial charge in [0.15, 0.2) is 0 Å². The summed E-state index contributed by atoms with van der Waals surface area (Å²) in [6.45, 7) is 0.770. The van der Waals surface area contributed by atoms with Crippen molar-refractivity contribution in [2.24, 2.45) is 5.92 Å². The molecule has 0 aromatic heterocycles. The van der Waals surface area contributed by atoms with Crippen LogP contribution in [0.15, 0.2) is 0 Å². The molecular formula is C8H15F2NO. The van der Waals surface area contributed by atoms with Gasteiger partial charge in [0.25, 0.3) is 5.92 Å². The summed E-state index contributed by atoms with van der Waals surface area (Å²) < 4.78 is 26.2. The SMILES string of the molecule is CN1CCC(C(F)(F)CCO)C1. The van der Waals surface area contributed by atoms with Gasteiger partial charge in [-0.05, 0) is 20.0 Å². The molecule has 1 atom stereocenters. The fraction of sp³-hybridized carbons (Fsp3) is 1.00. The van der Waals surface area contributed by atoms with Crippen LogP contribution >= 0.6 is 0 Å². The van der Waals surface area contributed by atoms with Crippen molar-refractivity contribution in [3.63, 3.8) is 0 Å². The number of hydrogen-bond donors (Lipinski definition) is 1. The zero-order valence-electron chi connectivity index (χ0n) is 7.26. The molecule has 1 fully saturated rings. The van der Waals surface area contributed by atoms with Crippen LogP contribution in [-0.2, 0) is 0 Å². The first-order valence-corrected chi connectivity index (χ1v) is 4.23. The van der Waals surface area contributed by atoms with Crippen molar-refractivity contribution < 1.29 is 13.9 Å². The summed E-state index contributed by atoms with van der Waals surface area (Å²) in [5, 5.41) is 8.43. The Morgan fingerprint density at radius 3 is 2.67 bits per heavy atom. The summed E-state index contributed by atoms with van der Waals surface area (Å²) in [6.07, 6.45) is 0.148. The predicted molar refractivity (Wildman–Crippen MR) is 42.3 cm³/mol. The largest absolute Gasteiger partial charge is 0.396 e. The van der Waals surface area contributed by atoms with Gasteiger partial charge in [-0.2, -0.15) is 0 Å². The van der Waals surface area contributed by atoms with Crippen molar-refractivity contribution in [2.45, 2.75) is 18.8 Å². The van der Waals surface area contributed by atoms with Crippen LogP contribution < -0.4 is 0 Å². The molecule has 1 unspecified atom stereocenters. The van der Waals surface area contributed by atoms with Crippen LogP contribution in [0.1, 0.15) is 12.8 Å². The third-order valence-corrected chi connectivity index (χ3v) is 2.43. The van der Waals surface area contributed by atoms with E-state index in [1.807, 2.05) is 11.9 Å². The number of halogens is 2. The molecule has 12 heavy (non-hydrogen) atoms. The summed E-state index contributed by atoms with van der Waals surface area (Å²) in [5.74, 6) is -3.24. The molecular weight excluding hydrogens is 164 g/mol. The smallest absolute Gasteiger partial charge is 0.254 e. The lowest BCUT2D eigenvalue weighted by Crippen LogP contribution is -2.31. The molecule has 0 radical (unpaired) electrons. The highest BCUT2D eigenvalue weighted by Gasteiger charge is 2.41. The number of likely N-dealkylation sites (tertiary alicyclic amines) is 1. The molecule has 1 heterocycles. The van der Waals surface area contributed by atoms with Crippen LogP contribution in [-0.4, -0.2) is 42.7 Å². The monoisotopic (exact) mass is 179 g/mol. The maximum Gasteiger partial charge on any atom is 0.254 e. The normalized spacial score (nSPS) is 26.5. The molecule has 1 aliphatic heterocycles. The van der Waals surface area contributed by atoms with Gasteiger partial charge in [-0.15, -0.1) is 0 Å². The molecule has 4 heteroatoms. The second kappa shape index (κ2) is 3.66. The van der Waals surface area contributed by atoms with Crippen molar-refractivity contribution in [3.05, 3.63) is 0 Å².